The van der Waals surface area contributed by atoms with Gasteiger partial charge in [-0.1, -0.05) is 0 Å². The Labute approximate surface area is 163 Å². The minimum atomic E-state index is -0.917. The molecule has 3 aromatic rings. The summed E-state index contributed by atoms with van der Waals surface area (Å²) in [6.07, 6.45) is 3.12. The highest BCUT2D eigenvalue weighted by Gasteiger charge is 2.24. The predicted molar refractivity (Wildman–Crippen MR) is 101 cm³/mol. The van der Waals surface area contributed by atoms with E-state index in [1.54, 1.807) is 0 Å². The van der Waals surface area contributed by atoms with E-state index in [2.05, 4.69) is 15.6 Å². The van der Waals surface area contributed by atoms with Crippen molar-refractivity contribution < 1.29 is 18.4 Å². The quantitative estimate of drug-likeness (QED) is 0.689. The largest absolute Gasteiger partial charge is 0.349 e. The van der Waals surface area contributed by atoms with Crippen LogP contribution in [0.15, 0.2) is 47.5 Å². The number of carbonyl (C=O) groups is 2. The molecule has 0 aliphatic heterocycles. The van der Waals surface area contributed by atoms with Gasteiger partial charge in [-0.15, -0.1) is 0 Å². The fourth-order valence-electron chi connectivity index (χ4n) is 2.84. The first-order valence-corrected chi connectivity index (χ1v) is 8.95. The van der Waals surface area contributed by atoms with Crippen LogP contribution in [0.1, 0.15) is 23.2 Å². The van der Waals surface area contributed by atoms with Gasteiger partial charge in [0.05, 0.1) is 22.9 Å². The zero-order valence-corrected chi connectivity index (χ0v) is 15.1. The Hall–Kier alpha value is -3.62. The SMILES string of the molecule is O=C(Cn1cnc2cc(C(=O)NC3CC3)ccc2c1=O)Nc1ccc(F)cc1F. The number of halogens is 2. The van der Waals surface area contributed by atoms with E-state index < -0.39 is 29.6 Å². The van der Waals surface area contributed by atoms with Gasteiger partial charge < -0.3 is 10.6 Å². The Morgan fingerprint density at radius 1 is 1.14 bits per heavy atom. The van der Waals surface area contributed by atoms with E-state index in [1.165, 1.54) is 24.5 Å². The van der Waals surface area contributed by atoms with Crippen LogP contribution in [0.5, 0.6) is 0 Å². The zero-order valence-electron chi connectivity index (χ0n) is 15.1. The Balaban J connectivity index is 1.53. The fourth-order valence-corrected chi connectivity index (χ4v) is 2.84. The molecule has 0 bridgehead atoms. The van der Waals surface area contributed by atoms with Gasteiger partial charge in [0, 0.05) is 17.7 Å². The number of anilines is 1. The van der Waals surface area contributed by atoms with Gasteiger partial charge in [-0.2, -0.15) is 0 Å². The summed E-state index contributed by atoms with van der Waals surface area (Å²) in [6, 6.07) is 7.51. The smallest absolute Gasteiger partial charge is 0.261 e. The number of fused-ring (bicyclic) bond motifs is 1. The van der Waals surface area contributed by atoms with E-state index in [-0.39, 0.29) is 23.0 Å². The molecule has 1 saturated carbocycles. The number of nitrogens with zero attached hydrogens (tertiary/aromatic N) is 2. The summed E-state index contributed by atoms with van der Waals surface area (Å²) in [5, 5.41) is 5.40. The van der Waals surface area contributed by atoms with Crippen LogP contribution < -0.4 is 16.2 Å². The van der Waals surface area contributed by atoms with Gasteiger partial charge >= 0.3 is 0 Å². The molecule has 1 aliphatic rings. The van der Waals surface area contributed by atoms with Gasteiger partial charge in [-0.25, -0.2) is 13.8 Å². The highest BCUT2D eigenvalue weighted by Crippen LogP contribution is 2.20. The number of carbonyl (C=O) groups excluding carboxylic acids is 2. The van der Waals surface area contributed by atoms with E-state index >= 15 is 0 Å². The lowest BCUT2D eigenvalue weighted by atomic mass is 10.1. The molecule has 2 N–H and O–H groups in total. The summed E-state index contributed by atoms with van der Waals surface area (Å²) in [7, 11) is 0. The fraction of sp³-hybridized carbons (Fsp3) is 0.200. The number of nitrogens with one attached hydrogen (secondary N) is 2. The van der Waals surface area contributed by atoms with E-state index in [0.717, 1.165) is 29.5 Å². The summed E-state index contributed by atoms with van der Waals surface area (Å²) in [4.78, 5) is 41.0. The van der Waals surface area contributed by atoms with Crippen LogP contribution >= 0.6 is 0 Å². The van der Waals surface area contributed by atoms with E-state index in [4.69, 9.17) is 0 Å². The second kappa shape index (κ2) is 7.42. The first kappa shape index (κ1) is 18.7. The standard InChI is InChI=1S/C20H16F2N4O3/c21-12-2-6-16(15(22)8-12)25-18(27)9-26-10-23-17-7-11(1-5-14(17)20(26)29)19(28)24-13-3-4-13/h1-2,5-8,10,13H,3-4,9H2,(H,24,28)(H,25,27). The highest BCUT2D eigenvalue weighted by atomic mass is 19.1. The normalized spacial score (nSPS) is 13.3. The Morgan fingerprint density at radius 2 is 1.93 bits per heavy atom. The molecule has 0 radical (unpaired) electrons. The number of aromatic nitrogens is 2. The second-order valence-corrected chi connectivity index (χ2v) is 6.83. The molecule has 148 valence electrons. The minimum Gasteiger partial charge on any atom is -0.349 e. The molecule has 2 aromatic carbocycles. The number of amides is 2. The molecule has 7 nitrogen and oxygen atoms in total. The molecule has 1 fully saturated rings. The topological polar surface area (TPSA) is 93.1 Å². The van der Waals surface area contributed by atoms with Gasteiger partial charge in [-0.05, 0) is 43.2 Å². The van der Waals surface area contributed by atoms with Crippen LogP contribution in [0.4, 0.5) is 14.5 Å². The highest BCUT2D eigenvalue weighted by molar-refractivity contribution is 5.98. The molecule has 9 heteroatoms. The Morgan fingerprint density at radius 3 is 2.66 bits per heavy atom. The molecule has 2 amide bonds. The van der Waals surface area contributed by atoms with Gasteiger partial charge in [-0.3, -0.25) is 19.0 Å². The predicted octanol–water partition coefficient (Wildman–Crippen LogP) is 2.21. The maximum absolute atomic E-state index is 13.7. The van der Waals surface area contributed by atoms with Crippen molar-refractivity contribution in [2.75, 3.05) is 5.32 Å². The third-order valence-electron chi connectivity index (χ3n) is 4.52. The number of hydrogen-bond donors (Lipinski definition) is 2. The molecular weight excluding hydrogens is 382 g/mol. The van der Waals surface area contributed by atoms with Gasteiger partial charge in [0.25, 0.3) is 11.5 Å². The average Bonchev–Trinajstić information content (AvgIpc) is 3.50. The van der Waals surface area contributed by atoms with Crippen LogP contribution in [0, 0.1) is 11.6 Å². The molecule has 0 unspecified atom stereocenters. The van der Waals surface area contributed by atoms with Crippen molar-refractivity contribution in [1.82, 2.24) is 14.9 Å². The van der Waals surface area contributed by atoms with Crippen molar-refractivity contribution in [1.29, 1.82) is 0 Å². The molecule has 4 rings (SSSR count). The lowest BCUT2D eigenvalue weighted by molar-refractivity contribution is -0.116. The van der Waals surface area contributed by atoms with Crippen LogP contribution in [0.2, 0.25) is 0 Å². The lowest BCUT2D eigenvalue weighted by Crippen LogP contribution is -2.28. The number of hydrogen-bond acceptors (Lipinski definition) is 4. The Bertz CT molecular complexity index is 1190. The first-order valence-electron chi connectivity index (χ1n) is 8.95. The van der Waals surface area contributed by atoms with Crippen LogP contribution in [-0.2, 0) is 11.3 Å². The summed E-state index contributed by atoms with van der Waals surface area (Å²) in [6.45, 7) is -0.400. The molecule has 1 aliphatic carbocycles. The minimum absolute atomic E-state index is 0.190. The average molecular weight is 398 g/mol. The monoisotopic (exact) mass is 398 g/mol. The molecule has 1 heterocycles. The molecule has 1 aromatic heterocycles. The first-order chi connectivity index (χ1) is 13.9. The molecule has 0 atom stereocenters. The maximum atomic E-state index is 13.7. The summed E-state index contributed by atoms with van der Waals surface area (Å²) < 4.78 is 27.7. The van der Waals surface area contributed by atoms with Crippen molar-refractivity contribution >= 4 is 28.4 Å². The number of rotatable bonds is 5. The number of benzene rings is 2. The molecule has 29 heavy (non-hydrogen) atoms. The third-order valence-corrected chi connectivity index (χ3v) is 4.52. The van der Waals surface area contributed by atoms with Crippen LogP contribution in [0.3, 0.4) is 0 Å². The maximum Gasteiger partial charge on any atom is 0.261 e. The van der Waals surface area contributed by atoms with Crippen molar-refractivity contribution in [3.05, 3.63) is 70.3 Å². The van der Waals surface area contributed by atoms with E-state index in [1.807, 2.05) is 0 Å². The van der Waals surface area contributed by atoms with Crippen molar-refractivity contribution in [3.8, 4) is 0 Å². The molecular formula is C20H16F2N4O3. The second-order valence-electron chi connectivity index (χ2n) is 6.83. The summed E-state index contributed by atoms with van der Waals surface area (Å²) >= 11 is 0. The Kier molecular flexibility index (Phi) is 4.79. The van der Waals surface area contributed by atoms with Crippen LogP contribution in [0.25, 0.3) is 10.9 Å². The zero-order chi connectivity index (χ0) is 20.5. The lowest BCUT2D eigenvalue weighted by Gasteiger charge is -2.09. The molecule has 0 spiro atoms. The summed E-state index contributed by atoms with van der Waals surface area (Å²) in [5.74, 6) is -2.57. The van der Waals surface area contributed by atoms with Crippen molar-refractivity contribution in [3.63, 3.8) is 0 Å². The van der Waals surface area contributed by atoms with Gasteiger partial charge in [0.15, 0.2) is 0 Å². The van der Waals surface area contributed by atoms with Crippen molar-refractivity contribution in [2.24, 2.45) is 0 Å². The third kappa shape index (κ3) is 4.13. The van der Waals surface area contributed by atoms with Crippen molar-refractivity contribution in [2.45, 2.75) is 25.4 Å². The summed E-state index contributed by atoms with van der Waals surface area (Å²) in [5.41, 5.74) is 0.0710. The molecule has 0 saturated heterocycles. The van der Waals surface area contributed by atoms with Crippen LogP contribution in [-0.4, -0.2) is 27.4 Å². The van der Waals surface area contributed by atoms with Gasteiger partial charge in [0.2, 0.25) is 5.91 Å². The van der Waals surface area contributed by atoms with Gasteiger partial charge in [0.1, 0.15) is 18.2 Å². The van der Waals surface area contributed by atoms with E-state index in [0.29, 0.717) is 17.1 Å². The van der Waals surface area contributed by atoms with E-state index in [9.17, 15) is 23.2 Å².